The van der Waals surface area contributed by atoms with Crippen molar-refractivity contribution in [3.05, 3.63) is 54.1 Å². The molecule has 0 saturated carbocycles. The Morgan fingerprint density at radius 2 is 1.80 bits per heavy atom. The fourth-order valence-corrected chi connectivity index (χ4v) is 4.40. The number of amides is 4. The number of aromatic nitrogens is 2. The highest BCUT2D eigenvalue weighted by molar-refractivity contribution is 5.96. The zero-order valence-corrected chi connectivity index (χ0v) is 22.1. The molecule has 4 amide bonds. The number of carbonyl (C=O) groups excluding carboxylic acids is 4. The lowest BCUT2D eigenvalue weighted by molar-refractivity contribution is -0.143. The average molecular weight is 558 g/mol. The summed E-state index contributed by atoms with van der Waals surface area (Å²) in [5, 5.41) is 25.9. The number of hydrogen-bond donors (Lipinski definition) is 7. The zero-order valence-electron chi connectivity index (χ0n) is 22.1. The predicted octanol–water partition coefficient (Wildman–Crippen LogP) is -1.94. The van der Waals surface area contributed by atoms with Crippen LogP contribution in [0.3, 0.4) is 0 Å². The summed E-state index contributed by atoms with van der Waals surface area (Å²) in [6, 6.07) is 3.61. The van der Waals surface area contributed by atoms with Crippen molar-refractivity contribution >= 4 is 29.6 Å². The second-order valence-electron chi connectivity index (χ2n) is 9.64. The van der Waals surface area contributed by atoms with Gasteiger partial charge >= 0.3 is 5.97 Å². The highest BCUT2D eigenvalue weighted by Crippen LogP contribution is 2.20. The standard InChI is InChI=1S/C26H35N7O7/c1-15(26(39)40)30-23(36)20(13-34)32-24(37)21-8-5-9-33(21)25(38)19(11-17-12-28-14-29-17)31-22(35)18(27)10-16-6-3-2-4-7-16/h2-4,6-7,12,14-15,18-21,34H,5,8-11,13,27H2,1H3,(H,28,29)(H,30,36)(H,31,35)(H,32,37)(H,39,40)/t15-,18-,19-,20-,21-/m0/s1. The molecule has 1 fully saturated rings. The minimum Gasteiger partial charge on any atom is -0.480 e. The van der Waals surface area contributed by atoms with Crippen molar-refractivity contribution in [2.45, 2.75) is 62.8 Å². The molecule has 1 aromatic heterocycles. The van der Waals surface area contributed by atoms with E-state index in [1.165, 1.54) is 24.3 Å². The fourth-order valence-electron chi connectivity index (χ4n) is 4.40. The number of likely N-dealkylation sites (tertiary alicyclic amines) is 1. The van der Waals surface area contributed by atoms with Gasteiger partial charge in [-0.1, -0.05) is 30.3 Å². The van der Waals surface area contributed by atoms with Gasteiger partial charge in [0, 0.05) is 24.9 Å². The van der Waals surface area contributed by atoms with Gasteiger partial charge in [-0.25, -0.2) is 4.98 Å². The molecule has 2 heterocycles. The average Bonchev–Trinajstić information content (AvgIpc) is 3.63. The van der Waals surface area contributed by atoms with Crippen molar-refractivity contribution < 1.29 is 34.2 Å². The molecule has 1 aliphatic rings. The zero-order chi connectivity index (χ0) is 29.2. The Kier molecular flexibility index (Phi) is 10.7. The van der Waals surface area contributed by atoms with E-state index in [1.54, 1.807) is 0 Å². The van der Waals surface area contributed by atoms with E-state index in [4.69, 9.17) is 10.8 Å². The number of carboxylic acids is 1. The number of imidazole rings is 1. The van der Waals surface area contributed by atoms with Crippen LogP contribution in [0.4, 0.5) is 0 Å². The molecule has 3 rings (SSSR count). The van der Waals surface area contributed by atoms with E-state index in [0.29, 0.717) is 18.5 Å². The van der Waals surface area contributed by atoms with Gasteiger partial charge in [-0.05, 0) is 31.7 Å². The van der Waals surface area contributed by atoms with E-state index in [9.17, 15) is 29.1 Å². The molecule has 5 atom stereocenters. The van der Waals surface area contributed by atoms with Crippen LogP contribution in [0.15, 0.2) is 42.9 Å². The molecule has 216 valence electrons. The number of aromatic amines is 1. The maximum absolute atomic E-state index is 13.7. The molecule has 0 bridgehead atoms. The molecule has 1 saturated heterocycles. The minimum absolute atomic E-state index is 0.0716. The van der Waals surface area contributed by atoms with E-state index in [1.807, 2.05) is 30.3 Å². The number of aliphatic carboxylic acids is 1. The van der Waals surface area contributed by atoms with Crippen LogP contribution in [0.25, 0.3) is 0 Å². The second kappa shape index (κ2) is 14.2. The molecule has 14 nitrogen and oxygen atoms in total. The monoisotopic (exact) mass is 557 g/mol. The lowest BCUT2D eigenvalue weighted by Crippen LogP contribution is -2.59. The third kappa shape index (κ3) is 8.10. The molecular weight excluding hydrogens is 522 g/mol. The van der Waals surface area contributed by atoms with Gasteiger partial charge in [0.15, 0.2) is 0 Å². The molecule has 0 radical (unpaired) electrons. The number of rotatable bonds is 13. The smallest absolute Gasteiger partial charge is 0.325 e. The lowest BCUT2D eigenvalue weighted by Gasteiger charge is -2.30. The highest BCUT2D eigenvalue weighted by Gasteiger charge is 2.39. The van der Waals surface area contributed by atoms with Crippen LogP contribution in [-0.2, 0) is 36.8 Å². The maximum atomic E-state index is 13.7. The third-order valence-corrected chi connectivity index (χ3v) is 6.61. The maximum Gasteiger partial charge on any atom is 0.325 e. The SMILES string of the molecule is C[C@H](NC(=O)[C@H](CO)NC(=O)[C@@H]1CCCN1C(=O)[C@H](Cc1cnc[nH]1)NC(=O)[C@@H](N)Cc1ccccc1)C(=O)O. The molecule has 2 aromatic rings. The number of nitrogens with two attached hydrogens (primary N) is 1. The van der Waals surface area contributed by atoms with Gasteiger partial charge in [-0.15, -0.1) is 0 Å². The van der Waals surface area contributed by atoms with Crippen molar-refractivity contribution in [1.82, 2.24) is 30.8 Å². The lowest BCUT2D eigenvalue weighted by atomic mass is 10.0. The van der Waals surface area contributed by atoms with E-state index in [-0.39, 0.29) is 19.4 Å². The molecule has 1 aliphatic heterocycles. The predicted molar refractivity (Wildman–Crippen MR) is 141 cm³/mol. The van der Waals surface area contributed by atoms with Gasteiger partial charge in [0.1, 0.15) is 24.2 Å². The summed E-state index contributed by atoms with van der Waals surface area (Å²) >= 11 is 0. The first-order valence-corrected chi connectivity index (χ1v) is 12.9. The van der Waals surface area contributed by atoms with E-state index >= 15 is 0 Å². The first-order chi connectivity index (χ1) is 19.1. The van der Waals surface area contributed by atoms with E-state index in [2.05, 4.69) is 25.9 Å². The minimum atomic E-state index is -1.41. The Labute approximate surface area is 230 Å². The van der Waals surface area contributed by atoms with Crippen LogP contribution in [0.5, 0.6) is 0 Å². The number of carbonyl (C=O) groups is 5. The van der Waals surface area contributed by atoms with E-state index < -0.39 is 66.4 Å². The molecule has 0 spiro atoms. The molecule has 0 unspecified atom stereocenters. The molecule has 14 heteroatoms. The first-order valence-electron chi connectivity index (χ1n) is 12.9. The van der Waals surface area contributed by atoms with Gasteiger partial charge in [-0.2, -0.15) is 0 Å². The summed E-state index contributed by atoms with van der Waals surface area (Å²) in [5.74, 6) is -3.89. The summed E-state index contributed by atoms with van der Waals surface area (Å²) < 4.78 is 0. The largest absolute Gasteiger partial charge is 0.480 e. The van der Waals surface area contributed by atoms with Gasteiger partial charge in [0.2, 0.25) is 23.6 Å². The van der Waals surface area contributed by atoms with Crippen molar-refractivity contribution in [2.24, 2.45) is 5.73 Å². The number of carboxylic acid groups (broad SMARTS) is 1. The van der Waals surface area contributed by atoms with Crippen molar-refractivity contribution in [3.63, 3.8) is 0 Å². The quantitative estimate of drug-likeness (QED) is 0.145. The summed E-state index contributed by atoms with van der Waals surface area (Å²) in [6.45, 7) is 0.699. The summed E-state index contributed by atoms with van der Waals surface area (Å²) in [5.41, 5.74) is 7.57. The van der Waals surface area contributed by atoms with Gasteiger partial charge < -0.3 is 41.8 Å². The van der Waals surface area contributed by atoms with Crippen LogP contribution in [-0.4, -0.2) is 98.0 Å². The number of H-pyrrole nitrogens is 1. The van der Waals surface area contributed by atoms with Gasteiger partial charge in [0.05, 0.1) is 19.0 Å². The van der Waals surface area contributed by atoms with Crippen LogP contribution in [0, 0.1) is 0 Å². The Balaban J connectivity index is 1.71. The van der Waals surface area contributed by atoms with Crippen molar-refractivity contribution in [3.8, 4) is 0 Å². The number of nitrogens with zero attached hydrogens (tertiary/aromatic N) is 2. The number of nitrogens with one attached hydrogen (secondary N) is 4. The molecule has 1 aromatic carbocycles. The van der Waals surface area contributed by atoms with Gasteiger partial charge in [0.25, 0.3) is 0 Å². The molecule has 0 aliphatic carbocycles. The number of aliphatic hydroxyl groups excluding tert-OH is 1. The second-order valence-corrected chi connectivity index (χ2v) is 9.64. The third-order valence-electron chi connectivity index (χ3n) is 6.61. The Morgan fingerprint density at radius 1 is 1.07 bits per heavy atom. The van der Waals surface area contributed by atoms with Crippen LogP contribution < -0.4 is 21.7 Å². The molecular formula is C26H35N7O7. The summed E-state index contributed by atoms with van der Waals surface area (Å²) in [7, 11) is 0. The van der Waals surface area contributed by atoms with Crippen LogP contribution in [0.2, 0.25) is 0 Å². The Hall–Kier alpha value is -4.30. The number of hydrogen-bond acceptors (Lipinski definition) is 8. The van der Waals surface area contributed by atoms with Gasteiger partial charge in [-0.3, -0.25) is 24.0 Å². The number of benzene rings is 1. The Morgan fingerprint density at radius 3 is 2.42 bits per heavy atom. The first kappa shape index (κ1) is 30.2. The van der Waals surface area contributed by atoms with E-state index in [0.717, 1.165) is 5.56 Å². The normalized spacial score (nSPS) is 17.8. The van der Waals surface area contributed by atoms with Crippen molar-refractivity contribution in [2.75, 3.05) is 13.2 Å². The van der Waals surface area contributed by atoms with Crippen molar-refractivity contribution in [1.29, 1.82) is 0 Å². The summed E-state index contributed by atoms with van der Waals surface area (Å²) in [4.78, 5) is 71.3. The van der Waals surface area contributed by atoms with Crippen LogP contribution in [0.1, 0.15) is 31.0 Å². The number of aliphatic hydroxyl groups is 1. The summed E-state index contributed by atoms with van der Waals surface area (Å²) in [6.07, 6.45) is 4.08. The Bertz CT molecular complexity index is 1180. The van der Waals surface area contributed by atoms with Crippen LogP contribution >= 0.6 is 0 Å². The topological polar surface area (TPSA) is 220 Å². The highest BCUT2D eigenvalue weighted by atomic mass is 16.4. The molecule has 8 N–H and O–H groups in total. The molecule has 40 heavy (non-hydrogen) atoms. The fraction of sp³-hybridized carbons (Fsp3) is 0.462.